The van der Waals surface area contributed by atoms with E-state index in [4.69, 9.17) is 11.6 Å². The molecule has 21 heavy (non-hydrogen) atoms. The Bertz CT molecular complexity index is 608. The molecule has 0 amide bonds. The van der Waals surface area contributed by atoms with Crippen molar-refractivity contribution in [2.75, 3.05) is 0 Å². The molecule has 2 rings (SSSR count). The minimum Gasteiger partial charge on any atom is -0.309 e. The van der Waals surface area contributed by atoms with E-state index in [1.165, 1.54) is 18.2 Å². The SMILES string of the molecule is Fc1cc(Cl)ccc1CNCc1ccc(C(F)(F)F)cc1. The molecule has 0 aliphatic carbocycles. The lowest BCUT2D eigenvalue weighted by Gasteiger charge is -2.09. The highest BCUT2D eigenvalue weighted by atomic mass is 35.5. The molecule has 6 heteroatoms. The fourth-order valence-corrected chi connectivity index (χ4v) is 1.98. The Kier molecular flexibility index (Phi) is 4.85. The number of nitrogens with one attached hydrogen (secondary N) is 1. The van der Waals surface area contributed by atoms with Gasteiger partial charge in [0.1, 0.15) is 5.82 Å². The number of alkyl halides is 3. The minimum absolute atomic E-state index is 0.268. The van der Waals surface area contributed by atoms with Crippen molar-refractivity contribution in [1.29, 1.82) is 0 Å². The first-order valence-corrected chi connectivity index (χ1v) is 6.55. The van der Waals surface area contributed by atoms with Crippen LogP contribution in [0.3, 0.4) is 0 Å². The summed E-state index contributed by atoms with van der Waals surface area (Å²) in [5, 5.41) is 3.29. The second kappa shape index (κ2) is 6.45. The first-order valence-electron chi connectivity index (χ1n) is 6.17. The molecule has 0 atom stereocenters. The molecular formula is C15H12ClF4N. The summed E-state index contributed by atoms with van der Waals surface area (Å²) >= 11 is 5.65. The van der Waals surface area contributed by atoms with E-state index in [9.17, 15) is 17.6 Å². The van der Waals surface area contributed by atoms with Crippen molar-refractivity contribution < 1.29 is 17.6 Å². The number of rotatable bonds is 4. The Balaban J connectivity index is 1.91. The predicted molar refractivity (Wildman–Crippen MR) is 73.4 cm³/mol. The third-order valence-electron chi connectivity index (χ3n) is 2.94. The van der Waals surface area contributed by atoms with Gasteiger partial charge in [0.15, 0.2) is 0 Å². The summed E-state index contributed by atoms with van der Waals surface area (Å²) in [5.74, 6) is -0.414. The molecule has 0 saturated carbocycles. The van der Waals surface area contributed by atoms with E-state index >= 15 is 0 Å². The summed E-state index contributed by atoms with van der Waals surface area (Å²) < 4.78 is 50.7. The van der Waals surface area contributed by atoms with E-state index in [0.29, 0.717) is 22.7 Å². The summed E-state index contributed by atoms with van der Waals surface area (Å²) in [4.78, 5) is 0. The van der Waals surface area contributed by atoms with Crippen LogP contribution in [0.5, 0.6) is 0 Å². The number of hydrogen-bond acceptors (Lipinski definition) is 1. The molecule has 0 bridgehead atoms. The fraction of sp³-hybridized carbons (Fsp3) is 0.200. The lowest BCUT2D eigenvalue weighted by molar-refractivity contribution is -0.137. The average Bonchev–Trinajstić information content (AvgIpc) is 2.41. The summed E-state index contributed by atoms with van der Waals surface area (Å²) in [6, 6.07) is 9.22. The summed E-state index contributed by atoms with van der Waals surface area (Å²) in [6.45, 7) is 0.615. The normalized spacial score (nSPS) is 11.7. The van der Waals surface area contributed by atoms with Crippen molar-refractivity contribution in [3.8, 4) is 0 Å². The first kappa shape index (κ1) is 15.8. The van der Waals surface area contributed by atoms with E-state index in [-0.39, 0.29) is 6.54 Å². The van der Waals surface area contributed by atoms with Crippen LogP contribution in [0.1, 0.15) is 16.7 Å². The zero-order valence-corrected chi connectivity index (χ0v) is 11.6. The van der Waals surface area contributed by atoms with Crippen molar-refractivity contribution in [2.45, 2.75) is 19.3 Å². The van der Waals surface area contributed by atoms with Gasteiger partial charge in [-0.25, -0.2) is 4.39 Å². The van der Waals surface area contributed by atoms with E-state index in [2.05, 4.69) is 5.32 Å². The Morgan fingerprint density at radius 3 is 2.19 bits per heavy atom. The molecule has 0 radical (unpaired) electrons. The average molecular weight is 318 g/mol. The molecule has 0 saturated heterocycles. The maximum Gasteiger partial charge on any atom is 0.416 e. The Labute approximate surface area is 124 Å². The lowest BCUT2D eigenvalue weighted by Crippen LogP contribution is -2.14. The van der Waals surface area contributed by atoms with Crippen molar-refractivity contribution in [1.82, 2.24) is 5.32 Å². The maximum atomic E-state index is 13.5. The van der Waals surface area contributed by atoms with Crippen LogP contribution < -0.4 is 5.32 Å². The number of halogens is 5. The fourth-order valence-electron chi connectivity index (χ4n) is 1.82. The van der Waals surface area contributed by atoms with Crippen LogP contribution in [0.4, 0.5) is 17.6 Å². The number of hydrogen-bond donors (Lipinski definition) is 1. The number of benzene rings is 2. The highest BCUT2D eigenvalue weighted by Crippen LogP contribution is 2.29. The smallest absolute Gasteiger partial charge is 0.309 e. The van der Waals surface area contributed by atoms with Gasteiger partial charge in [-0.2, -0.15) is 13.2 Å². The van der Waals surface area contributed by atoms with Gasteiger partial charge in [-0.05, 0) is 29.8 Å². The van der Waals surface area contributed by atoms with E-state index in [0.717, 1.165) is 12.1 Å². The van der Waals surface area contributed by atoms with Gasteiger partial charge in [-0.15, -0.1) is 0 Å². The molecule has 0 aromatic heterocycles. The molecule has 0 spiro atoms. The largest absolute Gasteiger partial charge is 0.416 e. The van der Waals surface area contributed by atoms with Gasteiger partial charge in [0.25, 0.3) is 0 Å². The monoisotopic (exact) mass is 317 g/mol. The van der Waals surface area contributed by atoms with Gasteiger partial charge in [-0.1, -0.05) is 29.8 Å². The molecule has 0 heterocycles. The van der Waals surface area contributed by atoms with Crippen LogP contribution in [0.2, 0.25) is 5.02 Å². The van der Waals surface area contributed by atoms with Crippen LogP contribution in [0, 0.1) is 5.82 Å². The molecule has 2 aromatic carbocycles. The molecule has 1 nitrogen and oxygen atoms in total. The van der Waals surface area contributed by atoms with Gasteiger partial charge < -0.3 is 5.32 Å². The van der Waals surface area contributed by atoms with Crippen molar-refractivity contribution in [3.63, 3.8) is 0 Å². The van der Waals surface area contributed by atoms with Gasteiger partial charge in [0, 0.05) is 23.7 Å². The Morgan fingerprint density at radius 2 is 1.62 bits per heavy atom. The second-order valence-corrected chi connectivity index (χ2v) is 4.97. The highest BCUT2D eigenvalue weighted by Gasteiger charge is 2.29. The third kappa shape index (κ3) is 4.44. The quantitative estimate of drug-likeness (QED) is 0.800. The summed E-state index contributed by atoms with van der Waals surface area (Å²) in [5.41, 5.74) is 0.457. The highest BCUT2D eigenvalue weighted by molar-refractivity contribution is 6.30. The molecule has 1 N–H and O–H groups in total. The van der Waals surface area contributed by atoms with Crippen molar-refractivity contribution in [2.24, 2.45) is 0 Å². The second-order valence-electron chi connectivity index (χ2n) is 4.53. The molecule has 2 aromatic rings. The van der Waals surface area contributed by atoms with E-state index in [1.54, 1.807) is 12.1 Å². The van der Waals surface area contributed by atoms with E-state index < -0.39 is 17.6 Å². The molecule has 112 valence electrons. The first-order chi connectivity index (χ1) is 9.86. The van der Waals surface area contributed by atoms with Crippen LogP contribution in [0.25, 0.3) is 0 Å². The third-order valence-corrected chi connectivity index (χ3v) is 3.18. The molecule has 0 unspecified atom stereocenters. The van der Waals surface area contributed by atoms with Gasteiger partial charge in [-0.3, -0.25) is 0 Å². The summed E-state index contributed by atoms with van der Waals surface area (Å²) in [6.07, 6.45) is -4.33. The zero-order valence-electron chi connectivity index (χ0n) is 10.8. The summed E-state index contributed by atoms with van der Waals surface area (Å²) in [7, 11) is 0. The topological polar surface area (TPSA) is 12.0 Å². The van der Waals surface area contributed by atoms with Crippen LogP contribution in [-0.4, -0.2) is 0 Å². The maximum absolute atomic E-state index is 13.5. The van der Waals surface area contributed by atoms with Crippen molar-refractivity contribution in [3.05, 3.63) is 70.0 Å². The molecule has 0 aliphatic heterocycles. The predicted octanol–water partition coefficient (Wildman–Crippen LogP) is 4.79. The van der Waals surface area contributed by atoms with Crippen LogP contribution >= 0.6 is 11.6 Å². The minimum atomic E-state index is -4.33. The lowest BCUT2D eigenvalue weighted by atomic mass is 10.1. The van der Waals surface area contributed by atoms with Crippen molar-refractivity contribution >= 4 is 11.6 Å². The molecular weight excluding hydrogens is 306 g/mol. The van der Waals surface area contributed by atoms with Crippen LogP contribution in [-0.2, 0) is 19.3 Å². The Morgan fingerprint density at radius 1 is 0.952 bits per heavy atom. The van der Waals surface area contributed by atoms with E-state index in [1.807, 2.05) is 0 Å². The standard InChI is InChI=1S/C15H12ClF4N/c16-13-6-3-11(14(17)7-13)9-21-8-10-1-4-12(5-2-10)15(18,19)20/h1-7,21H,8-9H2. The molecule has 0 fully saturated rings. The Hall–Kier alpha value is -1.59. The molecule has 0 aliphatic rings. The van der Waals surface area contributed by atoms with Crippen LogP contribution in [0.15, 0.2) is 42.5 Å². The van der Waals surface area contributed by atoms with Gasteiger partial charge >= 0.3 is 6.18 Å². The zero-order chi connectivity index (χ0) is 15.5. The van der Waals surface area contributed by atoms with Gasteiger partial charge in [0.05, 0.1) is 5.56 Å². The van der Waals surface area contributed by atoms with Gasteiger partial charge in [0.2, 0.25) is 0 Å².